The second-order valence-corrected chi connectivity index (χ2v) is 6.99. The summed E-state index contributed by atoms with van der Waals surface area (Å²) in [6.07, 6.45) is 2.07. The van der Waals surface area contributed by atoms with Crippen LogP contribution in [0, 0.1) is 0 Å². The number of hydrogen-bond donors (Lipinski definition) is 0. The van der Waals surface area contributed by atoms with Gasteiger partial charge in [-0.25, -0.2) is 0 Å². The summed E-state index contributed by atoms with van der Waals surface area (Å²) in [6.45, 7) is 10.6. The number of aryl methyl sites for hydroxylation is 1. The molecule has 1 aliphatic heterocycles. The van der Waals surface area contributed by atoms with Crippen LogP contribution in [0.15, 0.2) is 24.3 Å². The van der Waals surface area contributed by atoms with Crippen molar-refractivity contribution >= 4 is 7.12 Å². The Balaban J connectivity index is 1.89. The second kappa shape index (κ2) is 6.01. The van der Waals surface area contributed by atoms with E-state index in [1.54, 1.807) is 7.11 Å². The van der Waals surface area contributed by atoms with Crippen LogP contribution in [0.1, 0.15) is 46.6 Å². The average Bonchev–Trinajstić information content (AvgIpc) is 2.65. The summed E-state index contributed by atoms with van der Waals surface area (Å²) in [5, 5.41) is 0. The van der Waals surface area contributed by atoms with Gasteiger partial charge in [-0.3, -0.25) is 0 Å². The van der Waals surface area contributed by atoms with Gasteiger partial charge in [-0.05, 0) is 64.1 Å². The Bertz CT molecular complexity index is 451. The van der Waals surface area contributed by atoms with Crippen molar-refractivity contribution in [3.63, 3.8) is 0 Å². The van der Waals surface area contributed by atoms with Crippen molar-refractivity contribution in [1.82, 2.24) is 0 Å². The van der Waals surface area contributed by atoms with Crippen LogP contribution in [0.5, 0.6) is 5.75 Å². The van der Waals surface area contributed by atoms with E-state index < -0.39 is 0 Å². The molecule has 1 heterocycles. The molecule has 0 spiro atoms. The summed E-state index contributed by atoms with van der Waals surface area (Å²) in [5.41, 5.74) is 0.831. The van der Waals surface area contributed by atoms with Crippen LogP contribution in [0.4, 0.5) is 0 Å². The summed E-state index contributed by atoms with van der Waals surface area (Å²) in [7, 11) is 1.57. The Hall–Kier alpha value is -0.995. The van der Waals surface area contributed by atoms with Gasteiger partial charge in [0.2, 0.25) is 0 Å². The van der Waals surface area contributed by atoms with Crippen LogP contribution in [0.2, 0.25) is 5.82 Å². The first-order valence-electron chi connectivity index (χ1n) is 7.74. The molecule has 1 aromatic carbocycles. The summed E-state index contributed by atoms with van der Waals surface area (Å²) < 4.78 is 17.4. The minimum absolute atomic E-state index is 0.117. The maximum Gasteiger partial charge on any atom is 0.460 e. The van der Waals surface area contributed by atoms with Crippen LogP contribution >= 0.6 is 0 Å². The van der Waals surface area contributed by atoms with Gasteiger partial charge in [0.25, 0.3) is 0 Å². The number of rotatable bonds is 5. The highest BCUT2D eigenvalue weighted by molar-refractivity contribution is 6.47. The van der Waals surface area contributed by atoms with Crippen molar-refractivity contribution in [1.29, 1.82) is 0 Å². The van der Waals surface area contributed by atoms with Gasteiger partial charge >= 0.3 is 7.12 Å². The van der Waals surface area contributed by atoms with Gasteiger partial charge in [0.15, 0.2) is 0 Å². The molecule has 2 rings (SSSR count). The molecule has 0 bridgehead atoms. The molecule has 0 unspecified atom stereocenters. The Labute approximate surface area is 129 Å². The molecule has 0 amide bonds. The minimum Gasteiger partial charge on any atom is -0.497 e. The average molecular weight is 290 g/mol. The van der Waals surface area contributed by atoms with E-state index in [9.17, 15) is 0 Å². The summed E-state index contributed by atoms with van der Waals surface area (Å²) in [5.74, 6) is 1.27. The van der Waals surface area contributed by atoms with E-state index in [1.165, 1.54) is 5.56 Å². The molecule has 0 aromatic heterocycles. The monoisotopic (exact) mass is 290 g/mol. The fourth-order valence-corrected chi connectivity index (χ4v) is 2.44. The molecule has 1 aromatic rings. The standard InChI is InChI=1S/C17H27BO3/c1-13(18-20-16(2,3)17(4,5)21-18)7-8-14-9-11-15(19-6)12-10-14/h9-13H,7-8H2,1-6H3/t13-/m1/s1. The van der Waals surface area contributed by atoms with E-state index in [0.29, 0.717) is 5.82 Å². The molecule has 0 saturated carbocycles. The quantitative estimate of drug-likeness (QED) is 0.764. The Morgan fingerprint density at radius 1 is 1.05 bits per heavy atom. The van der Waals surface area contributed by atoms with Crippen molar-refractivity contribution in [2.45, 2.75) is 64.5 Å². The third kappa shape index (κ3) is 3.61. The van der Waals surface area contributed by atoms with Crippen molar-refractivity contribution in [3.8, 4) is 5.75 Å². The third-order valence-electron chi connectivity index (χ3n) is 4.78. The van der Waals surface area contributed by atoms with E-state index in [2.05, 4.69) is 46.8 Å². The maximum atomic E-state index is 6.11. The van der Waals surface area contributed by atoms with Crippen molar-refractivity contribution in [3.05, 3.63) is 29.8 Å². The predicted molar refractivity (Wildman–Crippen MR) is 86.8 cm³/mol. The van der Waals surface area contributed by atoms with Crippen LogP contribution in [0.3, 0.4) is 0 Å². The predicted octanol–water partition coefficient (Wildman–Crippen LogP) is 4.11. The number of ether oxygens (including phenoxy) is 1. The molecule has 1 saturated heterocycles. The zero-order chi connectivity index (χ0) is 15.7. The first-order valence-corrected chi connectivity index (χ1v) is 7.74. The molecular weight excluding hydrogens is 263 g/mol. The van der Waals surface area contributed by atoms with Gasteiger partial charge in [0.05, 0.1) is 18.3 Å². The first-order chi connectivity index (χ1) is 9.75. The Morgan fingerprint density at radius 3 is 2.05 bits per heavy atom. The fourth-order valence-electron chi connectivity index (χ4n) is 2.44. The summed E-state index contributed by atoms with van der Waals surface area (Å²) >= 11 is 0. The van der Waals surface area contributed by atoms with Crippen molar-refractivity contribution in [2.24, 2.45) is 0 Å². The van der Waals surface area contributed by atoms with Gasteiger partial charge in [0.1, 0.15) is 5.75 Å². The zero-order valence-corrected chi connectivity index (χ0v) is 14.1. The van der Waals surface area contributed by atoms with Crippen molar-refractivity contribution in [2.75, 3.05) is 7.11 Å². The molecule has 1 fully saturated rings. The van der Waals surface area contributed by atoms with Crippen LogP contribution in [0.25, 0.3) is 0 Å². The molecule has 0 radical (unpaired) electrons. The molecule has 1 aliphatic rings. The molecule has 3 nitrogen and oxygen atoms in total. The lowest BCUT2D eigenvalue weighted by Gasteiger charge is -2.32. The number of benzene rings is 1. The molecule has 21 heavy (non-hydrogen) atoms. The van der Waals surface area contributed by atoms with E-state index >= 15 is 0 Å². The summed E-state index contributed by atoms with van der Waals surface area (Å²) in [4.78, 5) is 0. The van der Waals surface area contributed by atoms with E-state index in [-0.39, 0.29) is 18.3 Å². The Morgan fingerprint density at radius 2 is 1.57 bits per heavy atom. The lowest BCUT2D eigenvalue weighted by atomic mass is 9.70. The maximum absolute atomic E-state index is 6.11. The van der Waals surface area contributed by atoms with Gasteiger partial charge in [-0.1, -0.05) is 19.1 Å². The Kier molecular flexibility index (Phi) is 4.69. The highest BCUT2D eigenvalue weighted by atomic mass is 16.7. The minimum atomic E-state index is -0.244. The van der Waals surface area contributed by atoms with Crippen molar-refractivity contribution < 1.29 is 14.0 Å². The van der Waals surface area contributed by atoms with Crippen LogP contribution < -0.4 is 4.74 Å². The largest absolute Gasteiger partial charge is 0.497 e. The summed E-state index contributed by atoms with van der Waals surface area (Å²) in [6, 6.07) is 8.26. The third-order valence-corrected chi connectivity index (χ3v) is 4.78. The second-order valence-electron chi connectivity index (χ2n) is 6.99. The van der Waals surface area contributed by atoms with Gasteiger partial charge in [-0.2, -0.15) is 0 Å². The highest BCUT2D eigenvalue weighted by Gasteiger charge is 2.52. The van der Waals surface area contributed by atoms with Gasteiger partial charge in [0, 0.05) is 0 Å². The molecule has 0 aliphatic carbocycles. The molecule has 1 atom stereocenters. The SMILES string of the molecule is COc1ccc(CC[C@@H](C)B2OC(C)(C)C(C)(C)O2)cc1. The molecular formula is C17H27BO3. The van der Waals surface area contributed by atoms with Gasteiger partial charge < -0.3 is 14.0 Å². The highest BCUT2D eigenvalue weighted by Crippen LogP contribution is 2.40. The lowest BCUT2D eigenvalue weighted by molar-refractivity contribution is 0.00578. The van der Waals surface area contributed by atoms with E-state index in [0.717, 1.165) is 18.6 Å². The fraction of sp³-hybridized carbons (Fsp3) is 0.647. The molecule has 116 valence electrons. The van der Waals surface area contributed by atoms with Crippen LogP contribution in [-0.2, 0) is 15.7 Å². The van der Waals surface area contributed by atoms with Crippen LogP contribution in [-0.4, -0.2) is 25.4 Å². The topological polar surface area (TPSA) is 27.7 Å². The zero-order valence-electron chi connectivity index (χ0n) is 14.1. The lowest BCUT2D eigenvalue weighted by Crippen LogP contribution is -2.41. The van der Waals surface area contributed by atoms with E-state index in [4.69, 9.17) is 14.0 Å². The molecule has 4 heteroatoms. The van der Waals surface area contributed by atoms with E-state index in [1.807, 2.05) is 12.1 Å². The number of methoxy groups -OCH3 is 1. The first kappa shape index (κ1) is 16.4. The smallest absolute Gasteiger partial charge is 0.460 e. The molecule has 0 N–H and O–H groups in total. The number of hydrogen-bond acceptors (Lipinski definition) is 3. The normalized spacial score (nSPS) is 21.3. The van der Waals surface area contributed by atoms with Gasteiger partial charge in [-0.15, -0.1) is 0 Å².